The highest BCUT2D eigenvalue weighted by Gasteiger charge is 2.27. The van der Waals surface area contributed by atoms with Crippen LogP contribution in [0.1, 0.15) is 49.8 Å². The number of amides is 1. The first-order valence-electron chi connectivity index (χ1n) is 6.78. The van der Waals surface area contributed by atoms with Gasteiger partial charge in [0.2, 0.25) is 10.1 Å². The van der Waals surface area contributed by atoms with Crippen LogP contribution in [0.3, 0.4) is 0 Å². The standard InChI is InChI=1S/C12H21N5OS/c1-4-13-12-15-14-11(19-12)10(18)16-17-8(2)6-5-7-9(17)3/h8-9H,4-7H2,1-3H3,(H,13,15)(H,16,18). The number of hydrazine groups is 1. The number of piperidine rings is 1. The van der Waals surface area contributed by atoms with Gasteiger partial charge in [-0.25, -0.2) is 5.01 Å². The molecule has 1 saturated heterocycles. The summed E-state index contributed by atoms with van der Waals surface area (Å²) >= 11 is 1.28. The Morgan fingerprint density at radius 1 is 1.37 bits per heavy atom. The molecule has 2 unspecified atom stereocenters. The minimum absolute atomic E-state index is 0.165. The zero-order valence-corrected chi connectivity index (χ0v) is 12.5. The highest BCUT2D eigenvalue weighted by Crippen LogP contribution is 2.21. The summed E-state index contributed by atoms with van der Waals surface area (Å²) in [5, 5.41) is 14.0. The maximum atomic E-state index is 12.1. The van der Waals surface area contributed by atoms with Crippen LogP contribution in [-0.2, 0) is 0 Å². The molecule has 7 heteroatoms. The minimum Gasteiger partial charge on any atom is -0.360 e. The Morgan fingerprint density at radius 2 is 2.05 bits per heavy atom. The molecular weight excluding hydrogens is 262 g/mol. The molecule has 0 aliphatic carbocycles. The monoisotopic (exact) mass is 283 g/mol. The summed E-state index contributed by atoms with van der Waals surface area (Å²) < 4.78 is 0. The fourth-order valence-corrected chi connectivity index (χ4v) is 3.05. The third-order valence-corrected chi connectivity index (χ3v) is 4.25. The third kappa shape index (κ3) is 3.42. The lowest BCUT2D eigenvalue weighted by Gasteiger charge is -2.38. The zero-order chi connectivity index (χ0) is 13.8. The SMILES string of the molecule is CCNc1nnc(C(=O)NN2C(C)CCCC2C)s1. The van der Waals surface area contributed by atoms with E-state index in [1.165, 1.54) is 17.8 Å². The van der Waals surface area contributed by atoms with Crippen LogP contribution in [0.15, 0.2) is 0 Å². The fourth-order valence-electron chi connectivity index (χ4n) is 2.34. The minimum atomic E-state index is -0.165. The average molecular weight is 283 g/mol. The lowest BCUT2D eigenvalue weighted by atomic mass is 10.00. The van der Waals surface area contributed by atoms with Gasteiger partial charge >= 0.3 is 0 Å². The molecule has 2 rings (SSSR count). The predicted molar refractivity (Wildman–Crippen MR) is 76.2 cm³/mol. The Bertz CT molecular complexity index is 426. The van der Waals surface area contributed by atoms with Gasteiger partial charge in [-0.2, -0.15) is 0 Å². The molecule has 0 spiro atoms. The van der Waals surface area contributed by atoms with E-state index in [0.29, 0.717) is 22.2 Å². The number of aromatic nitrogens is 2. The summed E-state index contributed by atoms with van der Waals surface area (Å²) in [5.41, 5.74) is 2.96. The van der Waals surface area contributed by atoms with Gasteiger partial charge in [-0.15, -0.1) is 10.2 Å². The highest BCUT2D eigenvalue weighted by atomic mass is 32.1. The van der Waals surface area contributed by atoms with Crippen molar-refractivity contribution in [3.8, 4) is 0 Å². The Hall–Kier alpha value is -1.21. The van der Waals surface area contributed by atoms with Gasteiger partial charge in [0.25, 0.3) is 5.91 Å². The van der Waals surface area contributed by atoms with E-state index >= 15 is 0 Å². The Morgan fingerprint density at radius 3 is 2.68 bits per heavy atom. The van der Waals surface area contributed by atoms with Crippen LogP contribution < -0.4 is 10.7 Å². The summed E-state index contributed by atoms with van der Waals surface area (Å²) in [5.74, 6) is -0.165. The van der Waals surface area contributed by atoms with Crippen molar-refractivity contribution in [2.45, 2.75) is 52.1 Å². The molecule has 1 aliphatic rings. The first kappa shape index (κ1) is 14.2. The van der Waals surface area contributed by atoms with Crippen LogP contribution in [0.25, 0.3) is 0 Å². The van der Waals surface area contributed by atoms with Crippen LogP contribution in [-0.4, -0.2) is 39.7 Å². The van der Waals surface area contributed by atoms with E-state index in [-0.39, 0.29) is 5.91 Å². The van der Waals surface area contributed by atoms with E-state index in [0.717, 1.165) is 19.4 Å². The summed E-state index contributed by atoms with van der Waals surface area (Å²) in [4.78, 5) is 12.1. The molecule has 0 aromatic carbocycles. The van der Waals surface area contributed by atoms with Crippen molar-refractivity contribution in [3.05, 3.63) is 5.01 Å². The van der Waals surface area contributed by atoms with Crippen molar-refractivity contribution in [2.75, 3.05) is 11.9 Å². The van der Waals surface area contributed by atoms with E-state index in [1.54, 1.807) is 0 Å². The summed E-state index contributed by atoms with van der Waals surface area (Å²) in [6, 6.07) is 0.739. The lowest BCUT2D eigenvalue weighted by Crippen LogP contribution is -2.54. The molecule has 1 aliphatic heterocycles. The van der Waals surface area contributed by atoms with Crippen molar-refractivity contribution in [1.82, 2.24) is 20.6 Å². The average Bonchev–Trinajstić information content (AvgIpc) is 2.83. The van der Waals surface area contributed by atoms with Gasteiger partial charge in [-0.1, -0.05) is 17.8 Å². The van der Waals surface area contributed by atoms with Gasteiger partial charge in [0.05, 0.1) is 0 Å². The quantitative estimate of drug-likeness (QED) is 0.883. The van der Waals surface area contributed by atoms with Crippen LogP contribution in [0.2, 0.25) is 0 Å². The van der Waals surface area contributed by atoms with E-state index in [9.17, 15) is 4.79 Å². The molecule has 0 saturated carbocycles. The van der Waals surface area contributed by atoms with Crippen LogP contribution in [0, 0.1) is 0 Å². The summed E-state index contributed by atoms with van der Waals surface area (Å²) in [7, 11) is 0. The normalized spacial score (nSPS) is 24.2. The lowest BCUT2D eigenvalue weighted by molar-refractivity contribution is 0.0369. The number of nitrogens with zero attached hydrogens (tertiary/aromatic N) is 3. The Labute approximate surface area is 117 Å². The second-order valence-electron chi connectivity index (χ2n) is 4.92. The number of carbonyl (C=O) groups excluding carboxylic acids is 1. The molecule has 2 atom stereocenters. The second kappa shape index (κ2) is 6.29. The van der Waals surface area contributed by atoms with Gasteiger partial charge in [0.1, 0.15) is 0 Å². The van der Waals surface area contributed by atoms with Crippen molar-refractivity contribution < 1.29 is 4.79 Å². The number of hydrogen-bond acceptors (Lipinski definition) is 6. The van der Waals surface area contributed by atoms with E-state index in [1.807, 2.05) is 11.9 Å². The van der Waals surface area contributed by atoms with Crippen LogP contribution >= 0.6 is 11.3 Å². The molecule has 6 nitrogen and oxygen atoms in total. The Balaban J connectivity index is 1.99. The van der Waals surface area contributed by atoms with Gasteiger partial charge in [-0.05, 0) is 33.6 Å². The fraction of sp³-hybridized carbons (Fsp3) is 0.750. The maximum absolute atomic E-state index is 12.1. The molecule has 106 valence electrons. The molecular formula is C12H21N5OS. The number of nitrogens with one attached hydrogen (secondary N) is 2. The summed E-state index contributed by atoms with van der Waals surface area (Å²) in [6.07, 6.45) is 3.45. The van der Waals surface area contributed by atoms with Crippen molar-refractivity contribution in [3.63, 3.8) is 0 Å². The van der Waals surface area contributed by atoms with Gasteiger partial charge in [0, 0.05) is 18.6 Å². The number of rotatable bonds is 4. The molecule has 0 bridgehead atoms. The zero-order valence-electron chi connectivity index (χ0n) is 11.6. The van der Waals surface area contributed by atoms with Gasteiger partial charge in [-0.3, -0.25) is 10.2 Å². The van der Waals surface area contributed by atoms with Gasteiger partial charge in [0.15, 0.2) is 0 Å². The third-order valence-electron chi connectivity index (χ3n) is 3.37. The molecule has 19 heavy (non-hydrogen) atoms. The first-order valence-corrected chi connectivity index (χ1v) is 7.60. The molecule has 1 amide bonds. The summed E-state index contributed by atoms with van der Waals surface area (Å²) in [6.45, 7) is 7.04. The van der Waals surface area contributed by atoms with E-state index < -0.39 is 0 Å². The topological polar surface area (TPSA) is 70.1 Å². The molecule has 2 N–H and O–H groups in total. The van der Waals surface area contributed by atoms with Crippen LogP contribution in [0.5, 0.6) is 0 Å². The smallest absolute Gasteiger partial charge is 0.296 e. The maximum Gasteiger partial charge on any atom is 0.296 e. The Kier molecular flexibility index (Phi) is 4.71. The molecule has 2 heterocycles. The van der Waals surface area contributed by atoms with Crippen LogP contribution in [0.4, 0.5) is 5.13 Å². The van der Waals surface area contributed by atoms with Crippen molar-refractivity contribution in [1.29, 1.82) is 0 Å². The number of hydrogen-bond donors (Lipinski definition) is 2. The molecule has 1 fully saturated rings. The molecule has 1 aromatic rings. The number of anilines is 1. The van der Waals surface area contributed by atoms with Crippen molar-refractivity contribution in [2.24, 2.45) is 0 Å². The highest BCUT2D eigenvalue weighted by molar-refractivity contribution is 7.17. The van der Waals surface area contributed by atoms with Crippen molar-refractivity contribution >= 4 is 22.4 Å². The van der Waals surface area contributed by atoms with E-state index in [4.69, 9.17) is 0 Å². The largest absolute Gasteiger partial charge is 0.360 e. The van der Waals surface area contributed by atoms with Gasteiger partial charge < -0.3 is 5.32 Å². The molecule has 0 radical (unpaired) electrons. The molecule has 1 aromatic heterocycles. The first-order chi connectivity index (χ1) is 9.11. The predicted octanol–water partition coefficient (Wildman–Crippen LogP) is 1.88. The van der Waals surface area contributed by atoms with E-state index in [2.05, 4.69) is 34.8 Å². The number of carbonyl (C=O) groups is 1. The second-order valence-corrected chi connectivity index (χ2v) is 5.90.